The van der Waals surface area contributed by atoms with Crippen LogP contribution >= 0.6 is 12.2 Å². The lowest BCUT2D eigenvalue weighted by Crippen LogP contribution is -2.32. The summed E-state index contributed by atoms with van der Waals surface area (Å²) in [5.41, 5.74) is 7.38. The molecule has 5 nitrogen and oxygen atoms in total. The summed E-state index contributed by atoms with van der Waals surface area (Å²) >= 11 is 5.84. The molecule has 2 aromatic heterocycles. The van der Waals surface area contributed by atoms with Gasteiger partial charge >= 0.3 is 0 Å². The second kappa shape index (κ2) is 10.1. The Morgan fingerprint density at radius 1 is 1.09 bits per heavy atom. The average Bonchev–Trinajstić information content (AvgIpc) is 3.29. The van der Waals surface area contributed by atoms with Gasteiger partial charge < -0.3 is 19.7 Å². The molecule has 1 aliphatic heterocycles. The van der Waals surface area contributed by atoms with Crippen LogP contribution in [0.15, 0.2) is 54.7 Å². The van der Waals surface area contributed by atoms with Gasteiger partial charge in [0.05, 0.1) is 17.8 Å². The van der Waals surface area contributed by atoms with Gasteiger partial charge in [-0.15, -0.1) is 0 Å². The van der Waals surface area contributed by atoms with E-state index in [1.54, 1.807) is 0 Å². The van der Waals surface area contributed by atoms with E-state index in [4.69, 9.17) is 12.2 Å². The van der Waals surface area contributed by atoms with Crippen molar-refractivity contribution in [2.75, 3.05) is 27.2 Å². The Morgan fingerprint density at radius 3 is 2.48 bits per heavy atom. The predicted molar refractivity (Wildman–Crippen MR) is 140 cm³/mol. The highest BCUT2D eigenvalue weighted by atomic mass is 32.1. The lowest BCUT2D eigenvalue weighted by molar-refractivity contribution is 0.292. The third-order valence-electron chi connectivity index (χ3n) is 6.59. The van der Waals surface area contributed by atoms with E-state index in [1.807, 2.05) is 12.3 Å². The number of hydrogen-bond donors (Lipinski definition) is 1. The number of thiocarbonyl (C=S) groups is 1. The van der Waals surface area contributed by atoms with Gasteiger partial charge in [-0.2, -0.15) is 0 Å². The van der Waals surface area contributed by atoms with Gasteiger partial charge in [-0.3, -0.25) is 4.98 Å². The molecule has 2 atom stereocenters. The van der Waals surface area contributed by atoms with Crippen molar-refractivity contribution in [1.29, 1.82) is 0 Å². The monoisotopic (exact) mass is 461 g/mol. The topological polar surface area (TPSA) is 36.3 Å². The maximum Gasteiger partial charge on any atom is 0.170 e. The van der Waals surface area contributed by atoms with Crippen molar-refractivity contribution < 1.29 is 0 Å². The van der Waals surface area contributed by atoms with Crippen molar-refractivity contribution in [3.63, 3.8) is 0 Å². The van der Waals surface area contributed by atoms with Crippen LogP contribution < -0.4 is 5.32 Å². The minimum atomic E-state index is 0.0227. The largest absolute Gasteiger partial charge is 0.352 e. The Bertz CT molecular complexity index is 1090. The van der Waals surface area contributed by atoms with E-state index in [0.717, 1.165) is 36.7 Å². The average molecular weight is 462 g/mol. The molecule has 6 heteroatoms. The highest BCUT2D eigenvalue weighted by molar-refractivity contribution is 7.80. The molecule has 1 N–H and O–H groups in total. The number of benzene rings is 1. The summed E-state index contributed by atoms with van der Waals surface area (Å²) in [6.07, 6.45) is 3.97. The maximum atomic E-state index is 5.84. The van der Waals surface area contributed by atoms with E-state index in [2.05, 4.69) is 102 Å². The first-order valence-electron chi connectivity index (χ1n) is 11.8. The van der Waals surface area contributed by atoms with Gasteiger partial charge in [0, 0.05) is 29.8 Å². The van der Waals surface area contributed by atoms with Crippen LogP contribution in [-0.4, -0.2) is 51.6 Å². The van der Waals surface area contributed by atoms with E-state index in [1.165, 1.54) is 28.2 Å². The number of rotatable bonds is 8. The smallest absolute Gasteiger partial charge is 0.170 e. The zero-order valence-electron chi connectivity index (χ0n) is 20.4. The molecule has 0 saturated carbocycles. The number of nitrogens with zero attached hydrogens (tertiary/aromatic N) is 4. The zero-order valence-corrected chi connectivity index (χ0v) is 21.2. The number of pyridine rings is 1. The van der Waals surface area contributed by atoms with Crippen LogP contribution in [0.5, 0.6) is 0 Å². The Hall–Kier alpha value is -2.70. The quantitative estimate of drug-likeness (QED) is 0.479. The van der Waals surface area contributed by atoms with Crippen LogP contribution in [0.2, 0.25) is 0 Å². The molecule has 33 heavy (non-hydrogen) atoms. The Morgan fingerprint density at radius 2 is 1.85 bits per heavy atom. The van der Waals surface area contributed by atoms with Crippen molar-refractivity contribution in [3.05, 3.63) is 82.9 Å². The molecule has 3 heterocycles. The molecule has 4 rings (SSSR count). The van der Waals surface area contributed by atoms with Crippen molar-refractivity contribution in [1.82, 2.24) is 24.7 Å². The highest BCUT2D eigenvalue weighted by Gasteiger charge is 2.41. The van der Waals surface area contributed by atoms with Crippen LogP contribution in [-0.2, 0) is 6.42 Å². The summed E-state index contributed by atoms with van der Waals surface area (Å²) in [6, 6.07) is 17.5. The van der Waals surface area contributed by atoms with Gasteiger partial charge in [0.1, 0.15) is 0 Å². The fourth-order valence-electron chi connectivity index (χ4n) is 4.91. The van der Waals surface area contributed by atoms with Crippen LogP contribution in [0.4, 0.5) is 0 Å². The number of hydrogen-bond acceptors (Lipinski definition) is 3. The summed E-state index contributed by atoms with van der Waals surface area (Å²) in [5.74, 6) is 0. The summed E-state index contributed by atoms with van der Waals surface area (Å²) in [5, 5.41) is 4.40. The zero-order chi connectivity index (χ0) is 23.5. The van der Waals surface area contributed by atoms with Gasteiger partial charge in [0.15, 0.2) is 5.11 Å². The normalized spacial score (nSPS) is 18.2. The molecule has 0 radical (unpaired) electrons. The van der Waals surface area contributed by atoms with Crippen molar-refractivity contribution >= 4 is 17.3 Å². The first kappa shape index (κ1) is 23.5. The molecule has 0 spiro atoms. The second-order valence-corrected chi connectivity index (χ2v) is 9.55. The molecule has 1 saturated heterocycles. The molecule has 3 aromatic rings. The maximum absolute atomic E-state index is 5.84. The Kier molecular flexibility index (Phi) is 7.15. The standard InChI is InChI=1S/C27H35N5S/c1-6-21-11-13-22(14-12-21)32-19(2)18-23(20(32)3)26-25(24-10-7-8-15-28-24)29-27(33)31(26)17-9-16-30(4)5/h7-8,10-15,18,25-26H,6,9,16-17H2,1-5H3,(H,29,33)/t25-,26-/m0/s1. The van der Waals surface area contributed by atoms with Gasteiger partial charge in [-0.1, -0.05) is 25.1 Å². The van der Waals surface area contributed by atoms with E-state index >= 15 is 0 Å². The highest BCUT2D eigenvalue weighted by Crippen LogP contribution is 2.41. The predicted octanol–water partition coefficient (Wildman–Crippen LogP) is 4.98. The molecule has 0 unspecified atom stereocenters. The molecule has 1 aromatic carbocycles. The molecule has 0 bridgehead atoms. The van der Waals surface area contributed by atoms with Crippen LogP contribution in [0.3, 0.4) is 0 Å². The van der Waals surface area contributed by atoms with Crippen LogP contribution in [0.1, 0.15) is 53.6 Å². The molecule has 0 aliphatic carbocycles. The first-order valence-corrected chi connectivity index (χ1v) is 12.2. The molecular formula is C27H35N5S. The van der Waals surface area contributed by atoms with Crippen molar-refractivity contribution in [3.8, 4) is 5.69 Å². The molecule has 0 amide bonds. The van der Waals surface area contributed by atoms with Gasteiger partial charge in [0.2, 0.25) is 0 Å². The van der Waals surface area contributed by atoms with E-state index < -0.39 is 0 Å². The third-order valence-corrected chi connectivity index (χ3v) is 6.95. The van der Waals surface area contributed by atoms with Gasteiger partial charge in [-0.25, -0.2) is 0 Å². The van der Waals surface area contributed by atoms with Crippen molar-refractivity contribution in [2.24, 2.45) is 0 Å². The number of aryl methyl sites for hydroxylation is 2. The van der Waals surface area contributed by atoms with Gasteiger partial charge in [-0.05, 0) is 101 Å². The van der Waals surface area contributed by atoms with E-state index in [0.29, 0.717) is 0 Å². The lowest BCUT2D eigenvalue weighted by atomic mass is 9.96. The molecule has 1 fully saturated rings. The van der Waals surface area contributed by atoms with Crippen molar-refractivity contribution in [2.45, 2.75) is 45.7 Å². The molecule has 1 aliphatic rings. The van der Waals surface area contributed by atoms with Crippen LogP contribution in [0.25, 0.3) is 5.69 Å². The Balaban J connectivity index is 1.75. The second-order valence-electron chi connectivity index (χ2n) is 9.16. The van der Waals surface area contributed by atoms with E-state index in [9.17, 15) is 0 Å². The minimum Gasteiger partial charge on any atom is -0.352 e. The summed E-state index contributed by atoms with van der Waals surface area (Å²) < 4.78 is 2.36. The number of aromatic nitrogens is 2. The summed E-state index contributed by atoms with van der Waals surface area (Å²) in [6.45, 7) is 8.55. The van der Waals surface area contributed by atoms with Gasteiger partial charge in [0.25, 0.3) is 0 Å². The summed E-state index contributed by atoms with van der Waals surface area (Å²) in [4.78, 5) is 9.28. The molecule has 174 valence electrons. The lowest BCUT2D eigenvalue weighted by Gasteiger charge is -2.28. The first-order chi connectivity index (χ1) is 15.9. The minimum absolute atomic E-state index is 0.0227. The number of nitrogens with one attached hydrogen (secondary N) is 1. The SMILES string of the molecule is CCc1ccc(-n2c(C)cc([C@H]3[C@H](c4ccccn4)NC(=S)N3CCCN(C)C)c2C)cc1. The Labute approximate surface area is 203 Å². The van der Waals surface area contributed by atoms with Crippen LogP contribution in [0, 0.1) is 13.8 Å². The third kappa shape index (κ3) is 4.82. The fourth-order valence-corrected chi connectivity index (χ4v) is 5.24. The van der Waals surface area contributed by atoms with E-state index in [-0.39, 0.29) is 12.1 Å². The summed E-state index contributed by atoms with van der Waals surface area (Å²) in [7, 11) is 4.23. The fraction of sp³-hybridized carbons (Fsp3) is 0.407. The molecular weight excluding hydrogens is 426 g/mol.